The fourth-order valence-corrected chi connectivity index (χ4v) is 3.17. The summed E-state index contributed by atoms with van der Waals surface area (Å²) in [4.78, 5) is 5.57. The van der Waals surface area contributed by atoms with E-state index in [4.69, 9.17) is 10.2 Å². The molecule has 1 heterocycles. The molecule has 0 radical (unpaired) electrons. The highest BCUT2D eigenvalue weighted by atomic mass is 79.9. The third-order valence-corrected chi connectivity index (χ3v) is 4.70. The summed E-state index contributed by atoms with van der Waals surface area (Å²) in [6, 6.07) is 6.42. The molecule has 0 spiro atoms. The summed E-state index contributed by atoms with van der Waals surface area (Å²) in [6.45, 7) is 6.00. The van der Waals surface area contributed by atoms with Crippen LogP contribution in [0.5, 0.6) is 0 Å². The molecule has 1 aromatic carbocycles. The summed E-state index contributed by atoms with van der Waals surface area (Å²) >= 11 is 5.08. The fourth-order valence-electron chi connectivity index (χ4n) is 1.81. The van der Waals surface area contributed by atoms with Crippen molar-refractivity contribution in [1.29, 1.82) is 0 Å². The van der Waals surface area contributed by atoms with Gasteiger partial charge in [-0.05, 0) is 62.2 Å². The maximum atomic E-state index is 6.08. The lowest BCUT2D eigenvalue weighted by Crippen LogP contribution is -2.21. The predicted molar refractivity (Wildman–Crippen MR) is 86.2 cm³/mol. The van der Waals surface area contributed by atoms with Crippen LogP contribution in [0.2, 0.25) is 0 Å². The van der Waals surface area contributed by atoms with Crippen molar-refractivity contribution in [2.45, 2.75) is 49.8 Å². The highest BCUT2D eigenvalue weighted by molar-refractivity contribution is 9.10. The van der Waals surface area contributed by atoms with Gasteiger partial charge >= 0.3 is 0 Å². The summed E-state index contributed by atoms with van der Waals surface area (Å²) in [5, 5.41) is 0.689. The molecule has 0 aliphatic rings. The number of nitrogens with zero attached hydrogens (tertiary/aromatic N) is 1. The van der Waals surface area contributed by atoms with E-state index >= 15 is 0 Å². The van der Waals surface area contributed by atoms with Gasteiger partial charge in [0.25, 0.3) is 5.22 Å². The van der Waals surface area contributed by atoms with Gasteiger partial charge in [-0.2, -0.15) is 0 Å². The van der Waals surface area contributed by atoms with E-state index in [2.05, 4.69) is 40.0 Å². The Morgan fingerprint density at radius 1 is 1.40 bits per heavy atom. The van der Waals surface area contributed by atoms with Crippen LogP contribution in [0.3, 0.4) is 0 Å². The average molecular weight is 355 g/mol. The van der Waals surface area contributed by atoms with Crippen molar-refractivity contribution in [3.05, 3.63) is 39.7 Å². The van der Waals surface area contributed by atoms with E-state index in [0.717, 1.165) is 33.7 Å². The third-order valence-electron chi connectivity index (χ3n) is 3.24. The van der Waals surface area contributed by atoms with E-state index in [9.17, 15) is 0 Å². The van der Waals surface area contributed by atoms with Crippen molar-refractivity contribution < 1.29 is 4.42 Å². The smallest absolute Gasteiger partial charge is 0.261 e. The predicted octanol–water partition coefficient (Wildman–Crippen LogP) is 4.48. The minimum atomic E-state index is 0.177. The van der Waals surface area contributed by atoms with E-state index < -0.39 is 0 Å². The van der Waals surface area contributed by atoms with Crippen molar-refractivity contribution >= 4 is 27.7 Å². The Morgan fingerprint density at radius 2 is 2.15 bits per heavy atom. The second-order valence-corrected chi connectivity index (χ2v) is 6.76. The Bertz CT molecular complexity index is 578. The zero-order chi connectivity index (χ0) is 14.7. The summed E-state index contributed by atoms with van der Waals surface area (Å²) < 4.78 is 6.71. The van der Waals surface area contributed by atoms with Gasteiger partial charge in [-0.25, -0.2) is 4.98 Å². The van der Waals surface area contributed by atoms with E-state index in [0.29, 0.717) is 5.22 Å². The molecule has 2 aromatic rings. The molecule has 0 saturated carbocycles. The molecule has 0 bridgehead atoms. The van der Waals surface area contributed by atoms with Crippen molar-refractivity contribution in [2.75, 3.05) is 0 Å². The summed E-state index contributed by atoms with van der Waals surface area (Å²) in [7, 11) is 0. The van der Waals surface area contributed by atoms with Crippen LogP contribution in [0.1, 0.15) is 30.4 Å². The van der Waals surface area contributed by atoms with Crippen molar-refractivity contribution in [2.24, 2.45) is 5.73 Å². The molecule has 20 heavy (non-hydrogen) atoms. The average Bonchev–Trinajstić information content (AvgIpc) is 2.71. The standard InChI is InChI=1S/C15H19BrN2OS/c1-4-13(17)8-11-7-12(16)5-6-14(11)20-15-18-9(2)10(3)19-15/h5-7,13H,4,8,17H2,1-3H3. The monoisotopic (exact) mass is 354 g/mol. The molecule has 0 aliphatic carbocycles. The number of halogens is 1. The Hall–Kier alpha value is -0.780. The van der Waals surface area contributed by atoms with Gasteiger partial charge in [0.1, 0.15) is 5.76 Å². The number of hydrogen-bond donors (Lipinski definition) is 1. The largest absolute Gasteiger partial charge is 0.436 e. The van der Waals surface area contributed by atoms with Crippen LogP contribution in [0.4, 0.5) is 0 Å². The third kappa shape index (κ3) is 3.87. The van der Waals surface area contributed by atoms with Crippen LogP contribution in [0.25, 0.3) is 0 Å². The van der Waals surface area contributed by atoms with Crippen molar-refractivity contribution in [3.63, 3.8) is 0 Å². The highest BCUT2D eigenvalue weighted by Gasteiger charge is 2.13. The second-order valence-electron chi connectivity index (χ2n) is 4.85. The van der Waals surface area contributed by atoms with Gasteiger partial charge < -0.3 is 10.2 Å². The molecule has 1 aromatic heterocycles. The number of aryl methyl sites for hydroxylation is 2. The molecule has 3 nitrogen and oxygen atoms in total. The first-order valence-electron chi connectivity index (χ1n) is 6.65. The lowest BCUT2D eigenvalue weighted by molar-refractivity contribution is 0.431. The van der Waals surface area contributed by atoms with Gasteiger partial charge in [-0.3, -0.25) is 0 Å². The molecule has 0 aliphatic heterocycles. The molecule has 0 saturated heterocycles. The quantitative estimate of drug-likeness (QED) is 0.859. The van der Waals surface area contributed by atoms with Crippen LogP contribution >= 0.6 is 27.7 Å². The first kappa shape index (κ1) is 15.6. The first-order valence-corrected chi connectivity index (χ1v) is 8.26. The van der Waals surface area contributed by atoms with Crippen LogP contribution in [-0.2, 0) is 6.42 Å². The van der Waals surface area contributed by atoms with Gasteiger partial charge in [0.2, 0.25) is 0 Å². The molecule has 0 amide bonds. The lowest BCUT2D eigenvalue weighted by Gasteiger charge is -2.12. The summed E-state index contributed by atoms with van der Waals surface area (Å²) in [5.74, 6) is 0.872. The number of benzene rings is 1. The van der Waals surface area contributed by atoms with E-state index in [1.165, 1.54) is 5.56 Å². The first-order chi connectivity index (χ1) is 9.49. The van der Waals surface area contributed by atoms with Gasteiger partial charge in [-0.15, -0.1) is 0 Å². The summed E-state index contributed by atoms with van der Waals surface area (Å²) in [6.07, 6.45) is 1.82. The van der Waals surface area contributed by atoms with E-state index in [1.807, 2.05) is 19.9 Å². The van der Waals surface area contributed by atoms with Gasteiger partial charge in [0.05, 0.1) is 5.69 Å². The fraction of sp³-hybridized carbons (Fsp3) is 0.400. The zero-order valence-electron chi connectivity index (χ0n) is 11.9. The van der Waals surface area contributed by atoms with Crippen LogP contribution in [0.15, 0.2) is 37.2 Å². The SMILES string of the molecule is CCC(N)Cc1cc(Br)ccc1Sc1nc(C)c(C)o1. The zero-order valence-corrected chi connectivity index (χ0v) is 14.3. The number of hydrogen-bond acceptors (Lipinski definition) is 4. The van der Waals surface area contributed by atoms with Gasteiger partial charge in [0, 0.05) is 15.4 Å². The number of rotatable bonds is 5. The topological polar surface area (TPSA) is 52.0 Å². The Labute approximate surface area is 132 Å². The Morgan fingerprint density at radius 3 is 2.75 bits per heavy atom. The molecular weight excluding hydrogens is 336 g/mol. The van der Waals surface area contributed by atoms with Crippen LogP contribution < -0.4 is 5.73 Å². The van der Waals surface area contributed by atoms with E-state index in [1.54, 1.807) is 11.8 Å². The number of nitrogens with two attached hydrogens (primary N) is 1. The number of aromatic nitrogens is 1. The van der Waals surface area contributed by atoms with Gasteiger partial charge in [0.15, 0.2) is 0 Å². The molecule has 5 heteroatoms. The maximum absolute atomic E-state index is 6.08. The van der Waals surface area contributed by atoms with Crippen molar-refractivity contribution in [3.8, 4) is 0 Å². The highest BCUT2D eigenvalue weighted by Crippen LogP contribution is 2.33. The maximum Gasteiger partial charge on any atom is 0.261 e. The van der Waals surface area contributed by atoms with E-state index in [-0.39, 0.29) is 6.04 Å². The summed E-state index contributed by atoms with van der Waals surface area (Å²) in [5.41, 5.74) is 8.25. The molecule has 2 rings (SSSR count). The molecule has 108 valence electrons. The second kappa shape index (κ2) is 6.78. The molecular formula is C15H19BrN2OS. The Kier molecular flexibility index (Phi) is 5.29. The molecule has 1 atom stereocenters. The molecule has 1 unspecified atom stereocenters. The van der Waals surface area contributed by atoms with Crippen LogP contribution in [-0.4, -0.2) is 11.0 Å². The molecule has 2 N–H and O–H groups in total. The minimum absolute atomic E-state index is 0.177. The molecule has 0 fully saturated rings. The number of oxazole rings is 1. The minimum Gasteiger partial charge on any atom is -0.436 e. The van der Waals surface area contributed by atoms with Gasteiger partial charge in [-0.1, -0.05) is 22.9 Å². The lowest BCUT2D eigenvalue weighted by atomic mass is 10.1. The van der Waals surface area contributed by atoms with Crippen LogP contribution in [0, 0.1) is 13.8 Å². The van der Waals surface area contributed by atoms with Crippen molar-refractivity contribution in [1.82, 2.24) is 4.98 Å². The Balaban J connectivity index is 2.26. The normalized spacial score (nSPS) is 12.7.